The second-order valence-corrected chi connectivity index (χ2v) is 9.00. The van der Waals surface area contributed by atoms with Crippen molar-refractivity contribution < 1.29 is 19.1 Å². The summed E-state index contributed by atoms with van der Waals surface area (Å²) in [6, 6.07) is 5.27. The number of carbonyl (C=O) groups is 2. The van der Waals surface area contributed by atoms with Gasteiger partial charge in [0.05, 0.1) is 6.61 Å². The smallest absolute Gasteiger partial charge is 0.260 e. The highest BCUT2D eigenvalue weighted by Gasteiger charge is 2.21. The standard InChI is InChI=1S/C26H43N3O4/c1-6-27(7-2)16-17-29(19-21(4)5)26(31)22-12-13-23(24(18-22)32-8-3)33-20-25(30)28-14-10-9-11-15-28/h12-13,18,21H,6-11,14-17,19-20H2,1-5H3. The van der Waals surface area contributed by atoms with Gasteiger partial charge in [-0.05, 0) is 63.4 Å². The van der Waals surface area contributed by atoms with Crippen molar-refractivity contribution >= 4 is 11.8 Å². The van der Waals surface area contributed by atoms with Gasteiger partial charge in [0.25, 0.3) is 11.8 Å². The number of nitrogens with zero attached hydrogens (tertiary/aromatic N) is 3. The number of likely N-dealkylation sites (N-methyl/N-ethyl adjacent to an activating group) is 1. The molecule has 1 aliphatic heterocycles. The molecule has 0 aromatic heterocycles. The summed E-state index contributed by atoms with van der Waals surface area (Å²) in [4.78, 5) is 31.9. The normalized spacial score (nSPS) is 14.0. The predicted molar refractivity (Wildman–Crippen MR) is 132 cm³/mol. The number of amides is 2. The molecule has 0 bridgehead atoms. The van der Waals surface area contributed by atoms with Crippen LogP contribution in [0.5, 0.6) is 11.5 Å². The first-order chi connectivity index (χ1) is 15.9. The molecule has 1 aromatic rings. The van der Waals surface area contributed by atoms with E-state index in [1.165, 1.54) is 6.42 Å². The summed E-state index contributed by atoms with van der Waals surface area (Å²) in [7, 11) is 0. The minimum atomic E-state index is -0.0172. The van der Waals surface area contributed by atoms with E-state index >= 15 is 0 Å². The molecule has 1 saturated heterocycles. The fourth-order valence-corrected chi connectivity index (χ4v) is 4.10. The Bertz CT molecular complexity index is 743. The molecule has 1 heterocycles. The van der Waals surface area contributed by atoms with Crippen LogP contribution < -0.4 is 9.47 Å². The Kier molecular flexibility index (Phi) is 11.5. The number of carbonyl (C=O) groups excluding carboxylic acids is 2. The maximum absolute atomic E-state index is 13.4. The van der Waals surface area contributed by atoms with Gasteiger partial charge < -0.3 is 24.2 Å². The Balaban J connectivity index is 2.11. The predicted octanol–water partition coefficient (Wildman–Crippen LogP) is 3.92. The van der Waals surface area contributed by atoms with Gasteiger partial charge in [0.2, 0.25) is 0 Å². The molecule has 1 fully saturated rings. The van der Waals surface area contributed by atoms with Crippen molar-refractivity contribution in [2.45, 2.75) is 53.9 Å². The summed E-state index contributed by atoms with van der Waals surface area (Å²) in [6.07, 6.45) is 3.28. The van der Waals surface area contributed by atoms with E-state index in [0.717, 1.165) is 45.6 Å². The van der Waals surface area contributed by atoms with Gasteiger partial charge in [-0.3, -0.25) is 9.59 Å². The van der Waals surface area contributed by atoms with E-state index in [9.17, 15) is 9.59 Å². The van der Waals surface area contributed by atoms with Crippen LogP contribution >= 0.6 is 0 Å². The first-order valence-electron chi connectivity index (χ1n) is 12.6. The number of hydrogen-bond acceptors (Lipinski definition) is 5. The molecule has 1 aliphatic rings. The summed E-state index contributed by atoms with van der Waals surface area (Å²) >= 11 is 0. The van der Waals surface area contributed by atoms with Crippen molar-refractivity contribution in [1.29, 1.82) is 0 Å². The van der Waals surface area contributed by atoms with Crippen molar-refractivity contribution in [2.24, 2.45) is 5.92 Å². The minimum absolute atomic E-state index is 0.00295. The van der Waals surface area contributed by atoms with E-state index in [4.69, 9.17) is 9.47 Å². The van der Waals surface area contributed by atoms with Crippen molar-refractivity contribution in [3.8, 4) is 11.5 Å². The van der Waals surface area contributed by atoms with Crippen LogP contribution in [0.2, 0.25) is 0 Å². The van der Waals surface area contributed by atoms with E-state index in [0.29, 0.717) is 42.7 Å². The van der Waals surface area contributed by atoms with E-state index in [1.54, 1.807) is 18.2 Å². The SMILES string of the molecule is CCOc1cc(C(=O)N(CCN(CC)CC)CC(C)C)ccc1OCC(=O)N1CCCCC1. The van der Waals surface area contributed by atoms with Gasteiger partial charge in [0.1, 0.15) is 0 Å². The minimum Gasteiger partial charge on any atom is -0.490 e. The molecule has 0 spiro atoms. The van der Waals surface area contributed by atoms with E-state index < -0.39 is 0 Å². The lowest BCUT2D eigenvalue weighted by Crippen LogP contribution is -2.40. The fraction of sp³-hybridized carbons (Fsp3) is 0.692. The van der Waals surface area contributed by atoms with Crippen LogP contribution in [0.25, 0.3) is 0 Å². The van der Waals surface area contributed by atoms with Crippen LogP contribution in [0.15, 0.2) is 18.2 Å². The molecule has 33 heavy (non-hydrogen) atoms. The van der Waals surface area contributed by atoms with Gasteiger partial charge in [-0.25, -0.2) is 0 Å². The number of hydrogen-bond donors (Lipinski definition) is 0. The maximum Gasteiger partial charge on any atom is 0.260 e. The van der Waals surface area contributed by atoms with Crippen molar-refractivity contribution in [2.75, 3.05) is 59.0 Å². The molecule has 0 radical (unpaired) electrons. The van der Waals surface area contributed by atoms with Gasteiger partial charge in [-0.2, -0.15) is 0 Å². The molecule has 0 N–H and O–H groups in total. The molecule has 0 aliphatic carbocycles. The third kappa shape index (κ3) is 8.54. The summed E-state index contributed by atoms with van der Waals surface area (Å²) in [5, 5.41) is 0. The first-order valence-corrected chi connectivity index (χ1v) is 12.6. The quantitative estimate of drug-likeness (QED) is 0.446. The van der Waals surface area contributed by atoms with Crippen LogP contribution in [0, 0.1) is 5.92 Å². The maximum atomic E-state index is 13.4. The number of likely N-dealkylation sites (tertiary alicyclic amines) is 1. The number of benzene rings is 1. The highest BCUT2D eigenvalue weighted by Crippen LogP contribution is 2.29. The average Bonchev–Trinajstić information content (AvgIpc) is 2.83. The van der Waals surface area contributed by atoms with Crippen LogP contribution in [-0.2, 0) is 4.79 Å². The lowest BCUT2D eigenvalue weighted by Gasteiger charge is -2.28. The molecule has 7 nitrogen and oxygen atoms in total. The zero-order valence-corrected chi connectivity index (χ0v) is 21.3. The molecule has 2 rings (SSSR count). The van der Waals surface area contributed by atoms with Crippen molar-refractivity contribution in [3.63, 3.8) is 0 Å². The molecule has 7 heteroatoms. The number of ether oxygens (including phenoxy) is 2. The van der Waals surface area contributed by atoms with Gasteiger partial charge in [-0.1, -0.05) is 27.7 Å². The molecule has 0 unspecified atom stereocenters. The molecule has 186 valence electrons. The van der Waals surface area contributed by atoms with Crippen molar-refractivity contribution in [3.05, 3.63) is 23.8 Å². The summed E-state index contributed by atoms with van der Waals surface area (Å²) in [5.41, 5.74) is 0.577. The largest absolute Gasteiger partial charge is 0.490 e. The van der Waals surface area contributed by atoms with Gasteiger partial charge in [0, 0.05) is 38.3 Å². The zero-order chi connectivity index (χ0) is 24.2. The number of rotatable bonds is 13. The topological polar surface area (TPSA) is 62.3 Å². The molecular weight excluding hydrogens is 418 g/mol. The summed E-state index contributed by atoms with van der Waals surface area (Å²) in [5.74, 6) is 1.37. The average molecular weight is 462 g/mol. The Labute approximate surface area is 200 Å². The van der Waals surface area contributed by atoms with E-state index in [-0.39, 0.29) is 18.4 Å². The lowest BCUT2D eigenvalue weighted by atomic mass is 10.1. The second-order valence-electron chi connectivity index (χ2n) is 9.00. The fourth-order valence-electron chi connectivity index (χ4n) is 4.10. The Morgan fingerprint density at radius 2 is 1.67 bits per heavy atom. The van der Waals surface area contributed by atoms with Crippen LogP contribution in [-0.4, -0.2) is 85.5 Å². The Morgan fingerprint density at radius 1 is 0.970 bits per heavy atom. The van der Waals surface area contributed by atoms with E-state index in [1.807, 2.05) is 16.7 Å². The van der Waals surface area contributed by atoms with Crippen LogP contribution in [0.1, 0.15) is 64.2 Å². The van der Waals surface area contributed by atoms with E-state index in [2.05, 4.69) is 32.6 Å². The number of piperidine rings is 1. The Hall–Kier alpha value is -2.28. The summed E-state index contributed by atoms with van der Waals surface area (Å²) < 4.78 is 11.6. The molecular formula is C26H43N3O4. The van der Waals surface area contributed by atoms with Crippen LogP contribution in [0.4, 0.5) is 0 Å². The third-order valence-corrected chi connectivity index (χ3v) is 6.00. The first kappa shape index (κ1) is 27.0. The highest BCUT2D eigenvalue weighted by molar-refractivity contribution is 5.95. The molecule has 0 saturated carbocycles. The van der Waals surface area contributed by atoms with Gasteiger partial charge >= 0.3 is 0 Å². The highest BCUT2D eigenvalue weighted by atomic mass is 16.5. The van der Waals surface area contributed by atoms with Crippen LogP contribution in [0.3, 0.4) is 0 Å². The molecule has 0 atom stereocenters. The monoisotopic (exact) mass is 461 g/mol. The van der Waals surface area contributed by atoms with Crippen molar-refractivity contribution in [1.82, 2.24) is 14.7 Å². The second kappa shape index (κ2) is 14.1. The van der Waals surface area contributed by atoms with Gasteiger partial charge in [-0.15, -0.1) is 0 Å². The Morgan fingerprint density at radius 3 is 2.27 bits per heavy atom. The summed E-state index contributed by atoms with van der Waals surface area (Å²) in [6.45, 7) is 16.6. The lowest BCUT2D eigenvalue weighted by molar-refractivity contribution is -0.134. The van der Waals surface area contributed by atoms with Gasteiger partial charge in [0.15, 0.2) is 18.1 Å². The molecule has 2 amide bonds. The zero-order valence-electron chi connectivity index (χ0n) is 21.3. The third-order valence-electron chi connectivity index (χ3n) is 6.00. The molecule has 1 aromatic carbocycles.